The molecule has 6 rings (SSSR count). The number of likely N-dealkylation sites (tertiary alicyclic amines) is 1. The van der Waals surface area contributed by atoms with Crippen LogP contribution in [0.5, 0.6) is 5.75 Å². The van der Waals surface area contributed by atoms with Crippen molar-refractivity contribution in [1.29, 1.82) is 0 Å². The molecule has 4 fully saturated rings. The molecule has 0 aromatic carbocycles. The number of fused-ring (bicyclic) bond motifs is 1. The van der Waals surface area contributed by atoms with E-state index in [4.69, 9.17) is 20.3 Å². The summed E-state index contributed by atoms with van der Waals surface area (Å²) in [5.41, 5.74) is 9.47. The van der Waals surface area contributed by atoms with Gasteiger partial charge in [0, 0.05) is 36.5 Å². The van der Waals surface area contributed by atoms with Crippen molar-refractivity contribution in [3.63, 3.8) is 0 Å². The Morgan fingerprint density at radius 1 is 1.10 bits per heavy atom. The van der Waals surface area contributed by atoms with E-state index in [0.717, 1.165) is 36.3 Å². The maximum absolute atomic E-state index is 6.05. The number of hydrogen-bond acceptors (Lipinski definition) is 6. The second-order valence-corrected chi connectivity index (χ2v) is 10.1. The second-order valence-electron chi connectivity index (χ2n) is 10.1. The lowest BCUT2D eigenvalue weighted by Gasteiger charge is -2.35. The molecule has 4 aliphatic rings. The van der Waals surface area contributed by atoms with Gasteiger partial charge in [0.15, 0.2) is 11.6 Å². The Bertz CT molecular complexity index is 951. The van der Waals surface area contributed by atoms with Crippen molar-refractivity contribution >= 4 is 5.82 Å². The number of rotatable bonds is 6. The summed E-state index contributed by atoms with van der Waals surface area (Å²) in [4.78, 5) is 7.04. The molecule has 166 valence electrons. The summed E-state index contributed by atoms with van der Waals surface area (Å²) in [6.07, 6.45) is 6.98. The van der Waals surface area contributed by atoms with Crippen LogP contribution in [-0.2, 0) is 4.74 Å². The fraction of sp³-hybridized carbons (Fsp3) is 0.667. The maximum atomic E-state index is 6.05. The van der Waals surface area contributed by atoms with Crippen LogP contribution in [0.15, 0.2) is 18.3 Å². The molecule has 2 saturated heterocycles. The average molecular weight is 424 g/mol. The van der Waals surface area contributed by atoms with Crippen LogP contribution in [0.25, 0.3) is 11.3 Å². The Morgan fingerprint density at radius 2 is 1.84 bits per heavy atom. The minimum atomic E-state index is 0.0563. The predicted octanol–water partition coefficient (Wildman–Crippen LogP) is 3.47. The van der Waals surface area contributed by atoms with Gasteiger partial charge in [-0.1, -0.05) is 12.8 Å². The molecule has 31 heavy (non-hydrogen) atoms. The van der Waals surface area contributed by atoms with Crippen molar-refractivity contribution in [2.75, 3.05) is 32.0 Å². The first-order valence-electron chi connectivity index (χ1n) is 11.9. The van der Waals surface area contributed by atoms with E-state index < -0.39 is 0 Å². The van der Waals surface area contributed by atoms with Gasteiger partial charge >= 0.3 is 0 Å². The number of ether oxygens (including phenoxy) is 2. The molecular weight excluding hydrogens is 390 g/mol. The minimum absolute atomic E-state index is 0.0563. The van der Waals surface area contributed by atoms with Gasteiger partial charge in [0.1, 0.15) is 0 Å². The van der Waals surface area contributed by atoms with Gasteiger partial charge in [0.2, 0.25) is 0 Å². The zero-order valence-electron chi connectivity index (χ0n) is 18.5. The summed E-state index contributed by atoms with van der Waals surface area (Å²) >= 11 is 0. The SMILES string of the molecule is CC(C)Oc1cc(-c2cc(C3C4CN(C5COC5)CC43)n(C3CCCC3)n2)cnc1N. The fourth-order valence-electron chi connectivity index (χ4n) is 5.91. The molecular formula is C24H33N5O2. The number of nitrogens with two attached hydrogens (primary N) is 1. The minimum Gasteiger partial charge on any atom is -0.487 e. The number of hydrogen-bond donors (Lipinski definition) is 1. The topological polar surface area (TPSA) is 78.4 Å². The molecule has 0 amide bonds. The molecule has 2 saturated carbocycles. The van der Waals surface area contributed by atoms with Crippen LogP contribution in [0, 0.1) is 11.8 Å². The standard InChI is InChI=1S/C24H33N5O2/c1-14(2)31-22-7-15(9-26-24(22)25)20-8-21(29(27-20)16-5-3-4-6-16)23-18-10-28(11-19(18)23)17-12-30-13-17/h7-9,14,16-19,23H,3-6,10-13H2,1-2H3,(H2,25,26). The molecule has 2 atom stereocenters. The van der Waals surface area contributed by atoms with E-state index in [9.17, 15) is 0 Å². The van der Waals surface area contributed by atoms with E-state index in [1.807, 2.05) is 26.1 Å². The monoisotopic (exact) mass is 423 g/mol. The highest BCUT2D eigenvalue weighted by atomic mass is 16.5. The third-order valence-corrected chi connectivity index (χ3v) is 7.68. The molecule has 2 N–H and O–H groups in total. The first-order valence-corrected chi connectivity index (χ1v) is 11.9. The molecule has 7 heteroatoms. The third-order valence-electron chi connectivity index (χ3n) is 7.68. The van der Waals surface area contributed by atoms with E-state index in [1.165, 1.54) is 44.5 Å². The lowest BCUT2D eigenvalue weighted by atomic mass is 10.1. The van der Waals surface area contributed by atoms with Crippen molar-refractivity contribution < 1.29 is 9.47 Å². The molecule has 0 radical (unpaired) electrons. The summed E-state index contributed by atoms with van der Waals surface area (Å²) in [7, 11) is 0. The highest BCUT2D eigenvalue weighted by Crippen LogP contribution is 2.59. The number of anilines is 1. The van der Waals surface area contributed by atoms with Crippen LogP contribution >= 0.6 is 0 Å². The zero-order valence-corrected chi connectivity index (χ0v) is 18.5. The summed E-state index contributed by atoms with van der Waals surface area (Å²) < 4.78 is 13.7. The van der Waals surface area contributed by atoms with Crippen LogP contribution in [0.1, 0.15) is 57.2 Å². The van der Waals surface area contributed by atoms with Crippen LogP contribution in [-0.4, -0.2) is 58.1 Å². The number of piperidine rings is 1. The molecule has 2 unspecified atom stereocenters. The van der Waals surface area contributed by atoms with Crippen molar-refractivity contribution in [2.24, 2.45) is 11.8 Å². The normalized spacial score (nSPS) is 28.8. The van der Waals surface area contributed by atoms with E-state index in [2.05, 4.69) is 20.6 Å². The first-order chi connectivity index (χ1) is 15.1. The summed E-state index contributed by atoms with van der Waals surface area (Å²) in [6, 6.07) is 5.52. The van der Waals surface area contributed by atoms with Crippen LogP contribution in [0.2, 0.25) is 0 Å². The second kappa shape index (κ2) is 7.48. The lowest BCUT2D eigenvalue weighted by Crippen LogP contribution is -2.48. The Labute approximate surface area is 183 Å². The average Bonchev–Trinajstić information content (AvgIpc) is 3.18. The fourth-order valence-corrected chi connectivity index (χ4v) is 5.91. The number of pyridine rings is 1. The molecule has 4 heterocycles. The Balaban J connectivity index is 1.29. The van der Waals surface area contributed by atoms with Crippen LogP contribution < -0.4 is 10.5 Å². The Hall–Kier alpha value is -2.12. The van der Waals surface area contributed by atoms with E-state index in [-0.39, 0.29) is 6.10 Å². The number of aromatic nitrogens is 3. The van der Waals surface area contributed by atoms with E-state index in [0.29, 0.717) is 29.6 Å². The predicted molar refractivity (Wildman–Crippen MR) is 119 cm³/mol. The number of nitrogens with zero attached hydrogens (tertiary/aromatic N) is 4. The molecule has 2 aliphatic carbocycles. The highest BCUT2D eigenvalue weighted by Gasteiger charge is 2.59. The number of nitrogen functional groups attached to an aromatic ring is 1. The van der Waals surface area contributed by atoms with Gasteiger partial charge in [-0.3, -0.25) is 9.58 Å². The largest absolute Gasteiger partial charge is 0.487 e. The third kappa shape index (κ3) is 3.42. The first kappa shape index (κ1) is 19.6. The van der Waals surface area contributed by atoms with Gasteiger partial charge in [-0.15, -0.1) is 0 Å². The molecule has 0 spiro atoms. The molecule has 2 aromatic rings. The van der Waals surface area contributed by atoms with Gasteiger partial charge in [0.25, 0.3) is 0 Å². The maximum Gasteiger partial charge on any atom is 0.166 e. The van der Waals surface area contributed by atoms with Gasteiger partial charge in [0.05, 0.1) is 37.1 Å². The molecule has 0 bridgehead atoms. The molecule has 2 aliphatic heterocycles. The summed E-state index contributed by atoms with van der Waals surface area (Å²) in [6.45, 7) is 8.26. The summed E-state index contributed by atoms with van der Waals surface area (Å²) in [5.74, 6) is 3.27. The van der Waals surface area contributed by atoms with Gasteiger partial charge in [-0.2, -0.15) is 5.10 Å². The van der Waals surface area contributed by atoms with Crippen LogP contribution in [0.3, 0.4) is 0 Å². The van der Waals surface area contributed by atoms with Gasteiger partial charge in [-0.25, -0.2) is 4.98 Å². The van der Waals surface area contributed by atoms with E-state index >= 15 is 0 Å². The quantitative estimate of drug-likeness (QED) is 0.766. The summed E-state index contributed by atoms with van der Waals surface area (Å²) in [5, 5.41) is 5.13. The van der Waals surface area contributed by atoms with Gasteiger partial charge < -0.3 is 15.2 Å². The smallest absolute Gasteiger partial charge is 0.166 e. The zero-order chi connectivity index (χ0) is 21.1. The van der Waals surface area contributed by atoms with Gasteiger partial charge in [-0.05, 0) is 50.7 Å². The van der Waals surface area contributed by atoms with Crippen molar-refractivity contribution in [2.45, 2.75) is 63.6 Å². The van der Waals surface area contributed by atoms with Crippen molar-refractivity contribution in [3.05, 3.63) is 24.0 Å². The highest BCUT2D eigenvalue weighted by molar-refractivity contribution is 5.64. The lowest BCUT2D eigenvalue weighted by molar-refractivity contribution is -0.0610. The molecule has 7 nitrogen and oxygen atoms in total. The van der Waals surface area contributed by atoms with Crippen molar-refractivity contribution in [3.8, 4) is 17.0 Å². The van der Waals surface area contributed by atoms with Crippen LogP contribution in [0.4, 0.5) is 5.82 Å². The Morgan fingerprint density at radius 3 is 2.48 bits per heavy atom. The Kier molecular flexibility index (Phi) is 4.72. The van der Waals surface area contributed by atoms with Crippen molar-refractivity contribution in [1.82, 2.24) is 19.7 Å². The molecule has 2 aromatic heterocycles. The van der Waals surface area contributed by atoms with E-state index in [1.54, 1.807) is 0 Å².